The number of rotatable bonds is 6. The Morgan fingerprint density at radius 3 is 3.05 bits per heavy atom. The minimum atomic E-state index is 0.0494. The van der Waals surface area contributed by atoms with Crippen LogP contribution in [0.2, 0.25) is 0 Å². The maximum absolute atomic E-state index is 11.8. The number of aromatic amines is 1. The molecule has 5 heteroatoms. The molecule has 0 bridgehead atoms. The number of fused-ring (bicyclic) bond motifs is 1. The molecule has 2 aromatic rings. The molecule has 0 radical (unpaired) electrons. The van der Waals surface area contributed by atoms with Crippen LogP contribution in [0.4, 0.5) is 5.69 Å². The van der Waals surface area contributed by atoms with Crippen molar-refractivity contribution in [2.45, 2.75) is 32.7 Å². The van der Waals surface area contributed by atoms with Gasteiger partial charge in [0.2, 0.25) is 5.91 Å². The summed E-state index contributed by atoms with van der Waals surface area (Å²) in [4.78, 5) is 11.8. The molecule has 0 aliphatic carbocycles. The number of benzene rings is 1. The van der Waals surface area contributed by atoms with Crippen molar-refractivity contribution in [3.05, 3.63) is 24.4 Å². The van der Waals surface area contributed by atoms with Gasteiger partial charge in [0.05, 0.1) is 11.7 Å². The first-order chi connectivity index (χ1) is 9.15. The molecule has 1 heterocycles. The van der Waals surface area contributed by atoms with Crippen LogP contribution in [-0.2, 0) is 4.79 Å². The Bertz CT molecular complexity index is 547. The minimum absolute atomic E-state index is 0.0494. The predicted molar refractivity (Wildman–Crippen MR) is 77.1 cm³/mol. The van der Waals surface area contributed by atoms with Crippen LogP contribution in [0.15, 0.2) is 24.4 Å². The molecular formula is C14H20N4O. The van der Waals surface area contributed by atoms with Gasteiger partial charge >= 0.3 is 0 Å². The van der Waals surface area contributed by atoms with E-state index in [-0.39, 0.29) is 5.91 Å². The molecular weight excluding hydrogens is 240 g/mol. The van der Waals surface area contributed by atoms with E-state index in [4.69, 9.17) is 0 Å². The Balaban J connectivity index is 1.81. The lowest BCUT2D eigenvalue weighted by Crippen LogP contribution is -2.24. The van der Waals surface area contributed by atoms with Gasteiger partial charge in [-0.05, 0) is 31.2 Å². The van der Waals surface area contributed by atoms with E-state index < -0.39 is 0 Å². The molecule has 102 valence electrons. The number of carbonyl (C=O) groups excluding carboxylic acids is 1. The van der Waals surface area contributed by atoms with Crippen molar-refractivity contribution in [1.82, 2.24) is 15.5 Å². The number of nitrogens with zero attached hydrogens (tertiary/aromatic N) is 1. The number of H-pyrrole nitrogens is 1. The van der Waals surface area contributed by atoms with Gasteiger partial charge < -0.3 is 10.6 Å². The van der Waals surface area contributed by atoms with E-state index in [0.717, 1.165) is 29.6 Å². The zero-order valence-electron chi connectivity index (χ0n) is 11.4. The van der Waals surface area contributed by atoms with E-state index >= 15 is 0 Å². The Morgan fingerprint density at radius 2 is 2.26 bits per heavy atom. The maximum atomic E-state index is 11.8. The second-order valence-corrected chi connectivity index (χ2v) is 4.93. The van der Waals surface area contributed by atoms with E-state index in [1.807, 2.05) is 18.2 Å². The average molecular weight is 260 g/mol. The third kappa shape index (κ3) is 4.06. The van der Waals surface area contributed by atoms with Crippen LogP contribution < -0.4 is 10.6 Å². The number of aromatic nitrogens is 2. The van der Waals surface area contributed by atoms with Crippen molar-refractivity contribution in [1.29, 1.82) is 0 Å². The van der Waals surface area contributed by atoms with Crippen LogP contribution in [0.25, 0.3) is 10.9 Å². The summed E-state index contributed by atoms with van der Waals surface area (Å²) in [6.45, 7) is 5.06. The van der Waals surface area contributed by atoms with Gasteiger partial charge in [-0.3, -0.25) is 9.89 Å². The topological polar surface area (TPSA) is 69.8 Å². The van der Waals surface area contributed by atoms with Crippen molar-refractivity contribution in [2.24, 2.45) is 0 Å². The van der Waals surface area contributed by atoms with Gasteiger partial charge in [0.15, 0.2) is 0 Å². The SMILES string of the molecule is CC(C)NCCCC(=O)Nc1ccc2[nH]ncc2c1. The lowest BCUT2D eigenvalue weighted by molar-refractivity contribution is -0.116. The Morgan fingerprint density at radius 1 is 1.42 bits per heavy atom. The van der Waals surface area contributed by atoms with Crippen LogP contribution in [0, 0.1) is 0 Å². The summed E-state index contributed by atoms with van der Waals surface area (Å²) in [5, 5.41) is 14.0. The standard InChI is InChI=1S/C14H20N4O/c1-10(2)15-7-3-4-14(19)17-12-5-6-13-11(8-12)9-16-18-13/h5-6,8-10,15H,3-4,7H2,1-2H3,(H,16,18)(H,17,19). The highest BCUT2D eigenvalue weighted by atomic mass is 16.1. The summed E-state index contributed by atoms with van der Waals surface area (Å²) >= 11 is 0. The molecule has 0 saturated heterocycles. The van der Waals surface area contributed by atoms with Gasteiger partial charge in [-0.1, -0.05) is 13.8 Å². The van der Waals surface area contributed by atoms with Crippen LogP contribution >= 0.6 is 0 Å². The smallest absolute Gasteiger partial charge is 0.224 e. The highest BCUT2D eigenvalue weighted by Gasteiger charge is 2.04. The van der Waals surface area contributed by atoms with Gasteiger partial charge in [-0.2, -0.15) is 5.10 Å². The van der Waals surface area contributed by atoms with E-state index in [2.05, 4.69) is 34.7 Å². The minimum Gasteiger partial charge on any atom is -0.326 e. The molecule has 1 amide bonds. The summed E-state index contributed by atoms with van der Waals surface area (Å²) in [6.07, 6.45) is 3.12. The van der Waals surface area contributed by atoms with Crippen molar-refractivity contribution in [3.8, 4) is 0 Å². The highest BCUT2D eigenvalue weighted by Crippen LogP contribution is 2.16. The molecule has 0 aliphatic rings. The summed E-state index contributed by atoms with van der Waals surface area (Å²) in [6, 6.07) is 6.18. The van der Waals surface area contributed by atoms with Crippen LogP contribution in [-0.4, -0.2) is 28.7 Å². The molecule has 1 aromatic carbocycles. The largest absolute Gasteiger partial charge is 0.326 e. The summed E-state index contributed by atoms with van der Waals surface area (Å²) in [5.41, 5.74) is 1.79. The van der Waals surface area contributed by atoms with Crippen molar-refractivity contribution in [3.63, 3.8) is 0 Å². The number of hydrogen-bond acceptors (Lipinski definition) is 3. The fourth-order valence-electron chi connectivity index (χ4n) is 1.88. The number of anilines is 1. The molecule has 0 fully saturated rings. The Hall–Kier alpha value is -1.88. The second kappa shape index (κ2) is 6.33. The van der Waals surface area contributed by atoms with E-state index in [1.165, 1.54) is 0 Å². The van der Waals surface area contributed by atoms with Crippen molar-refractivity contribution < 1.29 is 4.79 Å². The quantitative estimate of drug-likeness (QED) is 0.698. The first-order valence-electron chi connectivity index (χ1n) is 6.61. The van der Waals surface area contributed by atoms with Crippen LogP contribution in [0.5, 0.6) is 0 Å². The van der Waals surface area contributed by atoms with Gasteiger partial charge in [-0.15, -0.1) is 0 Å². The second-order valence-electron chi connectivity index (χ2n) is 4.93. The molecule has 5 nitrogen and oxygen atoms in total. The summed E-state index contributed by atoms with van der Waals surface area (Å²) in [7, 11) is 0. The van der Waals surface area contributed by atoms with Crippen LogP contribution in [0.1, 0.15) is 26.7 Å². The molecule has 0 spiro atoms. The first-order valence-corrected chi connectivity index (χ1v) is 6.61. The normalized spacial score (nSPS) is 11.1. The molecule has 3 N–H and O–H groups in total. The maximum Gasteiger partial charge on any atom is 0.224 e. The zero-order chi connectivity index (χ0) is 13.7. The molecule has 1 aromatic heterocycles. The number of amides is 1. The number of carbonyl (C=O) groups is 1. The molecule has 19 heavy (non-hydrogen) atoms. The first kappa shape index (κ1) is 13.5. The monoisotopic (exact) mass is 260 g/mol. The molecule has 0 aliphatic heterocycles. The predicted octanol–water partition coefficient (Wildman–Crippen LogP) is 2.28. The lowest BCUT2D eigenvalue weighted by Gasteiger charge is -2.08. The third-order valence-corrected chi connectivity index (χ3v) is 2.86. The summed E-state index contributed by atoms with van der Waals surface area (Å²) in [5.74, 6) is 0.0494. The third-order valence-electron chi connectivity index (χ3n) is 2.86. The van der Waals surface area contributed by atoms with Gasteiger partial charge in [0.25, 0.3) is 0 Å². The average Bonchev–Trinajstić information content (AvgIpc) is 2.82. The van der Waals surface area contributed by atoms with E-state index in [9.17, 15) is 4.79 Å². The van der Waals surface area contributed by atoms with Gasteiger partial charge in [0.1, 0.15) is 0 Å². The van der Waals surface area contributed by atoms with Gasteiger partial charge in [0, 0.05) is 23.5 Å². The van der Waals surface area contributed by atoms with Gasteiger partial charge in [-0.25, -0.2) is 0 Å². The summed E-state index contributed by atoms with van der Waals surface area (Å²) < 4.78 is 0. The van der Waals surface area contributed by atoms with Crippen LogP contribution in [0.3, 0.4) is 0 Å². The number of nitrogens with one attached hydrogen (secondary N) is 3. The highest BCUT2D eigenvalue weighted by molar-refractivity contribution is 5.93. The van der Waals surface area contributed by atoms with Crippen molar-refractivity contribution >= 4 is 22.5 Å². The lowest BCUT2D eigenvalue weighted by atomic mass is 10.2. The molecule has 2 rings (SSSR count). The molecule has 0 atom stereocenters. The van der Waals surface area contributed by atoms with E-state index in [1.54, 1.807) is 6.20 Å². The Kier molecular flexibility index (Phi) is 4.52. The molecule has 0 unspecified atom stereocenters. The van der Waals surface area contributed by atoms with Crippen molar-refractivity contribution in [2.75, 3.05) is 11.9 Å². The Labute approximate surface area is 112 Å². The van der Waals surface area contributed by atoms with E-state index in [0.29, 0.717) is 12.5 Å². The molecule has 0 saturated carbocycles. The zero-order valence-corrected chi connectivity index (χ0v) is 11.4. The fourth-order valence-corrected chi connectivity index (χ4v) is 1.88. The fraction of sp³-hybridized carbons (Fsp3) is 0.429. The number of hydrogen-bond donors (Lipinski definition) is 3.